The highest BCUT2D eigenvalue weighted by molar-refractivity contribution is 9.09. The average molecular weight is 279 g/mol. The molecule has 1 atom stereocenters. The van der Waals surface area contributed by atoms with Gasteiger partial charge in [-0.05, 0) is 18.3 Å². The molecule has 1 aliphatic rings. The molecule has 0 heterocycles. The first-order valence-corrected chi connectivity index (χ1v) is 7.13. The molecule has 0 saturated heterocycles. The Balaban J connectivity index is 2.05. The van der Waals surface area contributed by atoms with E-state index in [9.17, 15) is 0 Å². The van der Waals surface area contributed by atoms with Gasteiger partial charge in [-0.15, -0.1) is 0 Å². The molecule has 0 spiro atoms. The van der Waals surface area contributed by atoms with E-state index in [0.717, 1.165) is 30.4 Å². The fourth-order valence-electron chi connectivity index (χ4n) is 2.35. The van der Waals surface area contributed by atoms with Crippen LogP contribution in [0.3, 0.4) is 0 Å². The van der Waals surface area contributed by atoms with Crippen molar-refractivity contribution in [3.05, 3.63) is 0 Å². The number of methoxy groups -OCH3 is 1. The Hall–Kier alpha value is 0.400. The molecule has 0 N–H and O–H groups in total. The summed E-state index contributed by atoms with van der Waals surface area (Å²) in [5.74, 6) is 1.76. The lowest BCUT2D eigenvalue weighted by Crippen LogP contribution is -2.16. The molecule has 0 radical (unpaired) electrons. The maximum atomic E-state index is 5.52. The molecule has 0 amide bonds. The Morgan fingerprint density at radius 2 is 1.93 bits per heavy atom. The van der Waals surface area contributed by atoms with Crippen LogP contribution >= 0.6 is 15.9 Å². The van der Waals surface area contributed by atoms with E-state index in [2.05, 4.69) is 15.9 Å². The van der Waals surface area contributed by atoms with Gasteiger partial charge in [-0.1, -0.05) is 41.6 Å². The van der Waals surface area contributed by atoms with Crippen molar-refractivity contribution >= 4 is 15.9 Å². The average Bonchev–Trinajstić information content (AvgIpc) is 2.77. The Bertz CT molecular complexity index is 147. The second-order valence-corrected chi connectivity index (χ2v) is 5.00. The summed E-state index contributed by atoms with van der Waals surface area (Å²) in [6, 6.07) is 0. The molecule has 1 saturated carbocycles. The summed E-state index contributed by atoms with van der Waals surface area (Å²) in [5, 5.41) is 1.13. The topological polar surface area (TPSA) is 18.5 Å². The van der Waals surface area contributed by atoms with Gasteiger partial charge in [0.05, 0.1) is 13.2 Å². The molecule has 0 aliphatic heterocycles. The first-order chi connectivity index (χ1) is 7.38. The maximum absolute atomic E-state index is 5.52. The van der Waals surface area contributed by atoms with Crippen LogP contribution < -0.4 is 0 Å². The minimum atomic E-state index is 0.711. The third kappa shape index (κ3) is 5.32. The van der Waals surface area contributed by atoms with Crippen LogP contribution in [-0.4, -0.2) is 32.3 Å². The Morgan fingerprint density at radius 3 is 2.53 bits per heavy atom. The van der Waals surface area contributed by atoms with Crippen molar-refractivity contribution in [1.29, 1.82) is 0 Å². The van der Waals surface area contributed by atoms with E-state index in [-0.39, 0.29) is 0 Å². The van der Waals surface area contributed by atoms with E-state index in [1.54, 1.807) is 7.11 Å². The number of ether oxygens (including phenoxy) is 2. The van der Waals surface area contributed by atoms with Crippen LogP contribution in [0.5, 0.6) is 0 Å². The van der Waals surface area contributed by atoms with E-state index >= 15 is 0 Å². The normalized spacial score (nSPS) is 19.6. The molecular weight excluding hydrogens is 256 g/mol. The lowest BCUT2D eigenvalue weighted by atomic mass is 9.90. The van der Waals surface area contributed by atoms with Gasteiger partial charge < -0.3 is 9.47 Å². The maximum Gasteiger partial charge on any atom is 0.0700 e. The Kier molecular flexibility index (Phi) is 7.67. The second-order valence-electron chi connectivity index (χ2n) is 4.35. The molecular formula is C12H23BrO2. The van der Waals surface area contributed by atoms with Gasteiger partial charge in [0, 0.05) is 19.0 Å². The summed E-state index contributed by atoms with van der Waals surface area (Å²) in [5.41, 5.74) is 0. The van der Waals surface area contributed by atoms with Gasteiger partial charge in [0.2, 0.25) is 0 Å². The van der Waals surface area contributed by atoms with Gasteiger partial charge >= 0.3 is 0 Å². The molecule has 2 nitrogen and oxygen atoms in total. The number of rotatable bonds is 8. The quantitative estimate of drug-likeness (QED) is 0.501. The number of alkyl halides is 1. The summed E-state index contributed by atoms with van der Waals surface area (Å²) in [4.78, 5) is 0. The molecule has 1 aliphatic carbocycles. The van der Waals surface area contributed by atoms with Crippen LogP contribution in [0, 0.1) is 11.8 Å². The van der Waals surface area contributed by atoms with Gasteiger partial charge in [0.15, 0.2) is 0 Å². The smallest absolute Gasteiger partial charge is 0.0700 e. The monoisotopic (exact) mass is 278 g/mol. The molecule has 0 aromatic heterocycles. The summed E-state index contributed by atoms with van der Waals surface area (Å²) in [7, 11) is 1.71. The van der Waals surface area contributed by atoms with Crippen LogP contribution in [0.4, 0.5) is 0 Å². The molecule has 1 unspecified atom stereocenters. The van der Waals surface area contributed by atoms with Gasteiger partial charge in [0.25, 0.3) is 0 Å². The fraction of sp³-hybridized carbons (Fsp3) is 1.00. The zero-order valence-electron chi connectivity index (χ0n) is 9.71. The van der Waals surface area contributed by atoms with Crippen molar-refractivity contribution in [3.63, 3.8) is 0 Å². The zero-order chi connectivity index (χ0) is 10.9. The molecule has 0 aromatic rings. The second kappa shape index (κ2) is 8.54. The van der Waals surface area contributed by atoms with Crippen LogP contribution in [0.2, 0.25) is 0 Å². The number of hydrogen-bond acceptors (Lipinski definition) is 2. The largest absolute Gasteiger partial charge is 0.382 e. The summed E-state index contributed by atoms with van der Waals surface area (Å²) >= 11 is 3.63. The van der Waals surface area contributed by atoms with Crippen LogP contribution in [-0.2, 0) is 9.47 Å². The van der Waals surface area contributed by atoms with Crippen molar-refractivity contribution in [1.82, 2.24) is 0 Å². The minimum absolute atomic E-state index is 0.711. The highest BCUT2D eigenvalue weighted by Gasteiger charge is 2.23. The van der Waals surface area contributed by atoms with E-state index in [1.165, 1.54) is 32.1 Å². The predicted octanol–water partition coefficient (Wildman–Crippen LogP) is 3.24. The minimum Gasteiger partial charge on any atom is -0.382 e. The fourth-order valence-corrected chi connectivity index (χ4v) is 3.20. The van der Waals surface area contributed by atoms with Gasteiger partial charge in [0.1, 0.15) is 0 Å². The molecule has 90 valence electrons. The molecule has 1 fully saturated rings. The molecule has 0 aromatic carbocycles. The number of halogens is 1. The van der Waals surface area contributed by atoms with Crippen molar-refractivity contribution < 1.29 is 9.47 Å². The SMILES string of the molecule is COCCOCCC(CBr)C1CCCC1. The predicted molar refractivity (Wildman–Crippen MR) is 66.6 cm³/mol. The van der Waals surface area contributed by atoms with Crippen LogP contribution in [0.15, 0.2) is 0 Å². The van der Waals surface area contributed by atoms with Crippen molar-refractivity contribution in [2.24, 2.45) is 11.8 Å². The lowest BCUT2D eigenvalue weighted by Gasteiger charge is -2.20. The van der Waals surface area contributed by atoms with Crippen molar-refractivity contribution in [2.45, 2.75) is 32.1 Å². The third-order valence-corrected chi connectivity index (χ3v) is 4.16. The van der Waals surface area contributed by atoms with Crippen LogP contribution in [0.1, 0.15) is 32.1 Å². The number of hydrogen-bond donors (Lipinski definition) is 0. The highest BCUT2D eigenvalue weighted by atomic mass is 79.9. The van der Waals surface area contributed by atoms with E-state index in [4.69, 9.17) is 9.47 Å². The van der Waals surface area contributed by atoms with E-state index < -0.39 is 0 Å². The Morgan fingerprint density at radius 1 is 1.20 bits per heavy atom. The Labute approximate surface area is 102 Å². The zero-order valence-corrected chi connectivity index (χ0v) is 11.3. The molecule has 3 heteroatoms. The molecule has 0 bridgehead atoms. The first-order valence-electron chi connectivity index (χ1n) is 6.01. The standard InChI is InChI=1S/C12H23BrO2/c1-14-8-9-15-7-6-12(10-13)11-4-2-3-5-11/h11-12H,2-10H2,1H3. The third-order valence-electron chi connectivity index (χ3n) is 3.33. The lowest BCUT2D eigenvalue weighted by molar-refractivity contribution is 0.0615. The van der Waals surface area contributed by atoms with Crippen LogP contribution in [0.25, 0.3) is 0 Å². The van der Waals surface area contributed by atoms with Gasteiger partial charge in [-0.2, -0.15) is 0 Å². The van der Waals surface area contributed by atoms with Crippen molar-refractivity contribution in [2.75, 3.05) is 32.3 Å². The molecule has 1 rings (SSSR count). The highest BCUT2D eigenvalue weighted by Crippen LogP contribution is 2.33. The van der Waals surface area contributed by atoms with Gasteiger partial charge in [-0.3, -0.25) is 0 Å². The van der Waals surface area contributed by atoms with E-state index in [0.29, 0.717) is 6.61 Å². The summed E-state index contributed by atoms with van der Waals surface area (Å²) in [6.07, 6.45) is 6.90. The summed E-state index contributed by atoms with van der Waals surface area (Å²) < 4.78 is 10.5. The first kappa shape index (κ1) is 13.5. The van der Waals surface area contributed by atoms with E-state index in [1.807, 2.05) is 0 Å². The van der Waals surface area contributed by atoms with Crippen molar-refractivity contribution in [3.8, 4) is 0 Å². The molecule has 15 heavy (non-hydrogen) atoms. The summed E-state index contributed by atoms with van der Waals surface area (Å²) in [6.45, 7) is 2.33. The van der Waals surface area contributed by atoms with Gasteiger partial charge in [-0.25, -0.2) is 0 Å².